The molecule has 3 atom stereocenters. The minimum Gasteiger partial charge on any atom is -0.497 e. The number of carboxylic acid groups (broad SMARTS) is 1. The maximum absolute atomic E-state index is 12.2. The third-order valence-electron chi connectivity index (χ3n) is 7.19. The molecule has 0 aliphatic carbocycles. The monoisotopic (exact) mass is 458 g/mol. The number of aryl methyl sites for hydroxylation is 1. The molecule has 1 aliphatic heterocycles. The summed E-state index contributed by atoms with van der Waals surface area (Å²) in [5.74, 6) is -0.0107. The van der Waals surface area contributed by atoms with Crippen molar-refractivity contribution in [3.05, 3.63) is 84.6 Å². The molecule has 0 amide bonds. The first kappa shape index (κ1) is 24.0. The van der Waals surface area contributed by atoms with Gasteiger partial charge in [-0.2, -0.15) is 0 Å². The van der Waals surface area contributed by atoms with E-state index in [2.05, 4.69) is 34.7 Å². The summed E-state index contributed by atoms with van der Waals surface area (Å²) in [4.78, 5) is 19.0. The largest absolute Gasteiger partial charge is 0.497 e. The van der Waals surface area contributed by atoms with E-state index in [1.807, 2.05) is 48.7 Å². The van der Waals surface area contributed by atoms with Crippen LogP contribution >= 0.6 is 0 Å². The molecule has 2 heterocycles. The molecular formula is C29H34N2O3. The summed E-state index contributed by atoms with van der Waals surface area (Å²) in [5, 5.41) is 11.1. The minimum absolute atomic E-state index is 0.156. The number of benzene rings is 2. The topological polar surface area (TPSA) is 62.7 Å². The molecule has 0 saturated carbocycles. The van der Waals surface area contributed by atoms with E-state index in [4.69, 9.17) is 4.74 Å². The standard InChI is InChI=1S/C29H34N2O3/c1-3-24(18-21-8-5-4-6-9-21)31-17-15-23(27(20-31)29(32)33)11-7-10-22-14-16-30-28-13-12-25(34-2)19-26(22)28/h3-6,8-9,12-14,16,19,23-24,27H,1,7,10-11,15,17-18,20H2,2H3,(H,32,33)/t23-,24?,27+/m1/s1. The molecule has 5 heteroatoms. The second-order valence-corrected chi connectivity index (χ2v) is 9.23. The first-order valence-electron chi connectivity index (χ1n) is 12.1. The molecule has 5 nitrogen and oxygen atoms in total. The molecule has 2 aromatic carbocycles. The van der Waals surface area contributed by atoms with Crippen LogP contribution in [0.4, 0.5) is 0 Å². The third kappa shape index (κ3) is 5.65. The number of ether oxygens (including phenoxy) is 1. The number of fused-ring (bicyclic) bond motifs is 1. The van der Waals surface area contributed by atoms with Crippen LogP contribution in [0, 0.1) is 11.8 Å². The summed E-state index contributed by atoms with van der Waals surface area (Å²) in [7, 11) is 1.67. The Hall–Kier alpha value is -3.18. The predicted molar refractivity (Wildman–Crippen MR) is 136 cm³/mol. The summed E-state index contributed by atoms with van der Waals surface area (Å²) in [6.45, 7) is 5.53. The number of aromatic nitrogens is 1. The smallest absolute Gasteiger partial charge is 0.308 e. The van der Waals surface area contributed by atoms with Crippen molar-refractivity contribution in [1.82, 2.24) is 9.88 Å². The Labute approximate surface area is 202 Å². The summed E-state index contributed by atoms with van der Waals surface area (Å²) >= 11 is 0. The van der Waals surface area contributed by atoms with E-state index in [9.17, 15) is 9.90 Å². The molecule has 34 heavy (non-hydrogen) atoms. The quantitative estimate of drug-likeness (QED) is 0.413. The second kappa shape index (κ2) is 11.3. The van der Waals surface area contributed by atoms with Gasteiger partial charge in [0.2, 0.25) is 0 Å². The lowest BCUT2D eigenvalue weighted by molar-refractivity contribution is -0.146. The van der Waals surface area contributed by atoms with Crippen LogP contribution in [0.3, 0.4) is 0 Å². The Morgan fingerprint density at radius 1 is 1.26 bits per heavy atom. The Kier molecular flexibility index (Phi) is 7.96. The third-order valence-corrected chi connectivity index (χ3v) is 7.19. The predicted octanol–water partition coefficient (Wildman–Crippen LogP) is 5.39. The lowest BCUT2D eigenvalue weighted by Crippen LogP contribution is -2.48. The van der Waals surface area contributed by atoms with Crippen molar-refractivity contribution in [2.24, 2.45) is 11.8 Å². The van der Waals surface area contributed by atoms with Crippen LogP contribution in [0.25, 0.3) is 10.9 Å². The van der Waals surface area contributed by atoms with Gasteiger partial charge in [0.1, 0.15) is 5.75 Å². The summed E-state index contributed by atoms with van der Waals surface area (Å²) in [6.07, 6.45) is 8.36. The average molecular weight is 459 g/mol. The molecule has 1 N–H and O–H groups in total. The van der Waals surface area contributed by atoms with Crippen molar-refractivity contribution in [2.45, 2.75) is 38.1 Å². The van der Waals surface area contributed by atoms with E-state index in [1.165, 1.54) is 11.1 Å². The fourth-order valence-electron chi connectivity index (χ4n) is 5.25. The van der Waals surface area contributed by atoms with Crippen LogP contribution < -0.4 is 4.74 Å². The number of hydrogen-bond donors (Lipinski definition) is 1. The average Bonchev–Trinajstić information content (AvgIpc) is 2.87. The van der Waals surface area contributed by atoms with Crippen molar-refractivity contribution >= 4 is 16.9 Å². The van der Waals surface area contributed by atoms with Gasteiger partial charge in [-0.1, -0.05) is 36.4 Å². The number of aliphatic carboxylic acids is 1. The summed E-state index contributed by atoms with van der Waals surface area (Å²) < 4.78 is 5.39. The van der Waals surface area contributed by atoms with Gasteiger partial charge in [-0.15, -0.1) is 6.58 Å². The van der Waals surface area contributed by atoms with Crippen molar-refractivity contribution in [1.29, 1.82) is 0 Å². The van der Waals surface area contributed by atoms with E-state index in [-0.39, 0.29) is 17.9 Å². The number of pyridine rings is 1. The molecule has 1 saturated heterocycles. The van der Waals surface area contributed by atoms with Gasteiger partial charge in [-0.25, -0.2) is 0 Å². The number of hydrogen-bond acceptors (Lipinski definition) is 4. The number of piperidine rings is 1. The number of rotatable bonds is 10. The van der Waals surface area contributed by atoms with Gasteiger partial charge in [0.05, 0.1) is 18.5 Å². The fraction of sp³-hybridized carbons (Fsp3) is 0.379. The number of methoxy groups -OCH3 is 1. The molecule has 0 spiro atoms. The van der Waals surface area contributed by atoms with Gasteiger partial charge < -0.3 is 9.84 Å². The van der Waals surface area contributed by atoms with E-state index >= 15 is 0 Å². The lowest BCUT2D eigenvalue weighted by atomic mass is 9.81. The normalized spacial score (nSPS) is 19.6. The molecule has 1 unspecified atom stereocenters. The molecule has 1 fully saturated rings. The Balaban J connectivity index is 1.38. The van der Waals surface area contributed by atoms with Crippen LogP contribution in [-0.2, 0) is 17.6 Å². The maximum Gasteiger partial charge on any atom is 0.308 e. The van der Waals surface area contributed by atoms with Crippen LogP contribution in [0.1, 0.15) is 30.4 Å². The van der Waals surface area contributed by atoms with E-state index < -0.39 is 5.97 Å². The van der Waals surface area contributed by atoms with E-state index in [1.54, 1.807) is 7.11 Å². The van der Waals surface area contributed by atoms with Gasteiger partial charge in [0.15, 0.2) is 0 Å². The van der Waals surface area contributed by atoms with Crippen molar-refractivity contribution < 1.29 is 14.6 Å². The van der Waals surface area contributed by atoms with Crippen molar-refractivity contribution in [2.75, 3.05) is 20.2 Å². The van der Waals surface area contributed by atoms with E-state index in [0.29, 0.717) is 6.54 Å². The second-order valence-electron chi connectivity index (χ2n) is 9.23. The highest BCUT2D eigenvalue weighted by molar-refractivity contribution is 5.83. The highest BCUT2D eigenvalue weighted by Gasteiger charge is 2.35. The zero-order valence-electron chi connectivity index (χ0n) is 19.9. The van der Waals surface area contributed by atoms with Crippen LogP contribution in [-0.4, -0.2) is 47.2 Å². The molecule has 3 aromatic rings. The van der Waals surface area contributed by atoms with Crippen LogP contribution in [0.5, 0.6) is 5.75 Å². The van der Waals surface area contributed by atoms with Crippen LogP contribution in [0.15, 0.2) is 73.4 Å². The first-order chi connectivity index (χ1) is 16.6. The minimum atomic E-state index is -0.684. The highest BCUT2D eigenvalue weighted by Crippen LogP contribution is 2.31. The molecule has 4 rings (SSSR count). The van der Waals surface area contributed by atoms with Gasteiger partial charge in [-0.05, 0) is 80.0 Å². The number of carboxylic acids is 1. The number of nitrogens with zero attached hydrogens (tertiary/aromatic N) is 2. The Bertz CT molecular complexity index is 1110. The summed E-state index contributed by atoms with van der Waals surface area (Å²) in [5.41, 5.74) is 3.45. The fourth-order valence-corrected chi connectivity index (χ4v) is 5.25. The molecular weight excluding hydrogens is 424 g/mol. The van der Waals surface area contributed by atoms with Crippen LogP contribution in [0.2, 0.25) is 0 Å². The van der Waals surface area contributed by atoms with Gasteiger partial charge >= 0.3 is 5.97 Å². The van der Waals surface area contributed by atoms with Gasteiger partial charge in [-0.3, -0.25) is 14.7 Å². The van der Waals surface area contributed by atoms with Crippen molar-refractivity contribution in [3.63, 3.8) is 0 Å². The SMILES string of the molecule is C=CC(Cc1ccccc1)N1CC[C@@H](CCCc2ccnc3ccc(OC)cc23)[C@@H](C(=O)O)C1. The molecule has 0 bridgehead atoms. The first-order valence-corrected chi connectivity index (χ1v) is 12.1. The zero-order valence-corrected chi connectivity index (χ0v) is 19.9. The maximum atomic E-state index is 12.2. The number of carbonyl (C=O) groups is 1. The molecule has 1 aromatic heterocycles. The number of likely N-dealkylation sites (tertiary alicyclic amines) is 1. The Morgan fingerprint density at radius 3 is 2.82 bits per heavy atom. The lowest BCUT2D eigenvalue weighted by Gasteiger charge is -2.40. The van der Waals surface area contributed by atoms with Gasteiger partial charge in [0.25, 0.3) is 0 Å². The van der Waals surface area contributed by atoms with E-state index in [0.717, 1.165) is 55.3 Å². The summed E-state index contributed by atoms with van der Waals surface area (Å²) in [6, 6.07) is 18.5. The molecule has 178 valence electrons. The van der Waals surface area contributed by atoms with Crippen molar-refractivity contribution in [3.8, 4) is 5.75 Å². The zero-order chi connectivity index (χ0) is 23.9. The highest BCUT2D eigenvalue weighted by atomic mass is 16.5. The molecule has 1 aliphatic rings. The Morgan fingerprint density at radius 2 is 2.09 bits per heavy atom. The van der Waals surface area contributed by atoms with Gasteiger partial charge in [0, 0.05) is 24.2 Å². The molecule has 0 radical (unpaired) electrons.